The number of ketones is 1. The summed E-state index contributed by atoms with van der Waals surface area (Å²) in [5.74, 6) is -0.248. The maximum absolute atomic E-state index is 11.9. The van der Waals surface area contributed by atoms with Crippen LogP contribution in [0.4, 0.5) is 0 Å². The second-order valence-corrected chi connectivity index (χ2v) is 5.53. The predicted molar refractivity (Wildman–Crippen MR) is 68.7 cm³/mol. The third-order valence-electron chi connectivity index (χ3n) is 2.03. The maximum Gasteiger partial charge on any atom is 0.341 e. The molecule has 0 atom stereocenters. The largest absolute Gasteiger partial charge is 0.456 e. The van der Waals surface area contributed by atoms with Crippen LogP contribution in [0.25, 0.3) is 0 Å². The summed E-state index contributed by atoms with van der Waals surface area (Å²) in [7, 11) is 0. The molecule has 0 unspecified atom stereocenters. The molecule has 0 radical (unpaired) electrons. The lowest BCUT2D eigenvalue weighted by Crippen LogP contribution is -2.27. The molecular formula is C14H24O3. The van der Waals surface area contributed by atoms with Gasteiger partial charge in [-0.05, 0) is 33.1 Å². The maximum atomic E-state index is 11.9. The van der Waals surface area contributed by atoms with Gasteiger partial charge in [-0.2, -0.15) is 0 Å². The summed E-state index contributed by atoms with van der Waals surface area (Å²) in [4.78, 5) is 23.5. The zero-order valence-electron chi connectivity index (χ0n) is 11.8. The van der Waals surface area contributed by atoms with Crippen molar-refractivity contribution < 1.29 is 14.3 Å². The molecule has 0 fully saturated rings. The predicted octanol–water partition coefficient (Wildman–Crippen LogP) is 3.28. The van der Waals surface area contributed by atoms with Crippen LogP contribution in [0.5, 0.6) is 0 Å². The van der Waals surface area contributed by atoms with E-state index in [1.807, 2.05) is 13.8 Å². The first-order valence-electron chi connectivity index (χ1n) is 6.14. The molecule has 3 heteroatoms. The molecule has 17 heavy (non-hydrogen) atoms. The van der Waals surface area contributed by atoms with E-state index in [0.29, 0.717) is 18.8 Å². The first-order chi connectivity index (χ1) is 7.67. The zero-order valence-corrected chi connectivity index (χ0v) is 11.8. The lowest BCUT2D eigenvalue weighted by Gasteiger charge is -2.20. The minimum atomic E-state index is -0.567. The number of ether oxygens (including phenoxy) is 1. The van der Waals surface area contributed by atoms with Gasteiger partial charge in [-0.25, -0.2) is 4.79 Å². The molecular weight excluding hydrogens is 216 g/mol. The Labute approximate surface area is 104 Å². The summed E-state index contributed by atoms with van der Waals surface area (Å²) in [6.07, 6.45) is 2.73. The van der Waals surface area contributed by atoms with Gasteiger partial charge < -0.3 is 4.74 Å². The highest BCUT2D eigenvalue weighted by Gasteiger charge is 2.23. The Morgan fingerprint density at radius 3 is 2.12 bits per heavy atom. The van der Waals surface area contributed by atoms with Gasteiger partial charge in [-0.3, -0.25) is 4.79 Å². The lowest BCUT2D eigenvalue weighted by molar-refractivity contribution is -0.150. The average molecular weight is 240 g/mol. The van der Waals surface area contributed by atoms with Gasteiger partial charge in [-0.1, -0.05) is 26.8 Å². The summed E-state index contributed by atoms with van der Waals surface area (Å²) in [6, 6.07) is 0. The number of allylic oxidation sites excluding steroid dienone is 1. The highest BCUT2D eigenvalue weighted by Crippen LogP contribution is 2.14. The number of carbonyl (C=O) groups is 2. The van der Waals surface area contributed by atoms with Crippen molar-refractivity contribution in [2.75, 3.05) is 0 Å². The summed E-state index contributed by atoms with van der Waals surface area (Å²) >= 11 is 0. The summed E-state index contributed by atoms with van der Waals surface area (Å²) in [5.41, 5.74) is -0.377. The average Bonchev–Trinajstić information content (AvgIpc) is 2.14. The van der Waals surface area contributed by atoms with Gasteiger partial charge >= 0.3 is 5.97 Å². The van der Waals surface area contributed by atoms with E-state index in [2.05, 4.69) is 0 Å². The molecule has 0 aromatic carbocycles. The van der Waals surface area contributed by atoms with Crippen molar-refractivity contribution in [2.45, 2.75) is 60.0 Å². The van der Waals surface area contributed by atoms with Crippen molar-refractivity contribution >= 4 is 11.8 Å². The van der Waals surface area contributed by atoms with E-state index in [1.54, 1.807) is 33.8 Å². The number of esters is 1. The van der Waals surface area contributed by atoms with E-state index < -0.39 is 11.6 Å². The van der Waals surface area contributed by atoms with Gasteiger partial charge in [0.05, 0.1) is 5.57 Å². The van der Waals surface area contributed by atoms with E-state index in [1.165, 1.54) is 0 Å². The van der Waals surface area contributed by atoms with Crippen molar-refractivity contribution in [1.29, 1.82) is 0 Å². The molecule has 0 saturated heterocycles. The molecule has 3 nitrogen and oxygen atoms in total. The van der Waals surface area contributed by atoms with Gasteiger partial charge in [0.25, 0.3) is 0 Å². The van der Waals surface area contributed by atoms with Crippen LogP contribution in [0.3, 0.4) is 0 Å². The molecule has 0 aliphatic carbocycles. The normalized spacial score (nSPS) is 12.8. The number of hydrogen-bond acceptors (Lipinski definition) is 3. The Morgan fingerprint density at radius 2 is 1.76 bits per heavy atom. The quantitative estimate of drug-likeness (QED) is 0.320. The molecule has 0 rings (SSSR count). The molecule has 0 spiro atoms. The monoisotopic (exact) mass is 240 g/mol. The molecule has 0 aliphatic heterocycles. The van der Waals surface area contributed by atoms with Gasteiger partial charge in [0.1, 0.15) is 5.60 Å². The fraction of sp³-hybridized carbons (Fsp3) is 0.714. The summed E-state index contributed by atoms with van der Waals surface area (Å²) < 4.78 is 5.23. The third-order valence-corrected chi connectivity index (χ3v) is 2.03. The fourth-order valence-electron chi connectivity index (χ4n) is 1.19. The zero-order chi connectivity index (χ0) is 13.6. The highest BCUT2D eigenvalue weighted by atomic mass is 16.6. The fourth-order valence-corrected chi connectivity index (χ4v) is 1.19. The number of hydrogen-bond donors (Lipinski definition) is 0. The summed E-state index contributed by atoms with van der Waals surface area (Å²) in [5, 5.41) is 0. The van der Waals surface area contributed by atoms with E-state index in [9.17, 15) is 9.59 Å². The van der Waals surface area contributed by atoms with Crippen LogP contribution >= 0.6 is 0 Å². The molecule has 0 saturated carbocycles. The molecule has 0 aliphatic rings. The van der Waals surface area contributed by atoms with Crippen LogP contribution in [-0.4, -0.2) is 17.4 Å². The van der Waals surface area contributed by atoms with Crippen molar-refractivity contribution in [3.8, 4) is 0 Å². The Bertz CT molecular complexity index is 306. The van der Waals surface area contributed by atoms with Crippen molar-refractivity contribution in [3.05, 3.63) is 11.6 Å². The number of carbonyl (C=O) groups excluding carboxylic acids is 2. The molecule has 0 amide bonds. The minimum Gasteiger partial charge on any atom is -0.456 e. The Kier molecular flexibility index (Phi) is 6.14. The Morgan fingerprint density at radius 1 is 1.24 bits per heavy atom. The van der Waals surface area contributed by atoms with Gasteiger partial charge in [-0.15, -0.1) is 0 Å². The second kappa shape index (κ2) is 6.58. The number of Topliss-reactive ketones (excluding diaryl/α,β-unsaturated/α-hetero) is 1. The van der Waals surface area contributed by atoms with Gasteiger partial charge in [0.15, 0.2) is 5.78 Å². The molecule has 0 heterocycles. The standard InChI is InChI=1S/C14H24O3/c1-7-12(15)11(9-8-10(2)3)13(16)17-14(4,5)6/h9-10H,7-8H2,1-6H3. The summed E-state index contributed by atoms with van der Waals surface area (Å²) in [6.45, 7) is 11.2. The van der Waals surface area contributed by atoms with Crippen LogP contribution in [0, 0.1) is 5.92 Å². The van der Waals surface area contributed by atoms with Crippen LogP contribution in [-0.2, 0) is 14.3 Å². The van der Waals surface area contributed by atoms with Gasteiger partial charge in [0, 0.05) is 6.42 Å². The molecule has 0 bridgehead atoms. The topological polar surface area (TPSA) is 43.4 Å². The minimum absolute atomic E-state index is 0.153. The van der Waals surface area contributed by atoms with E-state index in [0.717, 1.165) is 0 Å². The second-order valence-electron chi connectivity index (χ2n) is 5.53. The molecule has 0 aromatic heterocycles. The smallest absolute Gasteiger partial charge is 0.341 e. The molecule has 98 valence electrons. The SMILES string of the molecule is CCC(=O)C(=CCC(C)C)C(=O)OC(C)(C)C. The number of rotatable bonds is 5. The van der Waals surface area contributed by atoms with Crippen LogP contribution in [0.2, 0.25) is 0 Å². The lowest BCUT2D eigenvalue weighted by atomic mass is 10.0. The first-order valence-corrected chi connectivity index (χ1v) is 6.14. The molecule has 0 N–H and O–H groups in total. The van der Waals surface area contributed by atoms with E-state index in [4.69, 9.17) is 4.74 Å². The first kappa shape index (κ1) is 15.9. The Balaban J connectivity index is 4.87. The van der Waals surface area contributed by atoms with Crippen molar-refractivity contribution in [2.24, 2.45) is 5.92 Å². The van der Waals surface area contributed by atoms with Gasteiger partial charge in [0.2, 0.25) is 0 Å². The van der Waals surface area contributed by atoms with Crippen molar-refractivity contribution in [1.82, 2.24) is 0 Å². The van der Waals surface area contributed by atoms with Crippen LogP contribution in [0.15, 0.2) is 11.6 Å². The van der Waals surface area contributed by atoms with Crippen molar-refractivity contribution in [3.63, 3.8) is 0 Å². The van der Waals surface area contributed by atoms with Crippen LogP contribution in [0.1, 0.15) is 54.4 Å². The van der Waals surface area contributed by atoms with Crippen LogP contribution < -0.4 is 0 Å². The van der Waals surface area contributed by atoms with E-state index in [-0.39, 0.29) is 11.4 Å². The third kappa shape index (κ3) is 6.93. The highest BCUT2D eigenvalue weighted by molar-refractivity contribution is 6.17. The van der Waals surface area contributed by atoms with E-state index >= 15 is 0 Å². The molecule has 0 aromatic rings. The Hall–Kier alpha value is -1.12.